The number of esters is 1. The van der Waals surface area contributed by atoms with Crippen LogP contribution in [0.1, 0.15) is 20.8 Å². The third-order valence-electron chi connectivity index (χ3n) is 5.55. The Labute approximate surface area is 208 Å². The summed E-state index contributed by atoms with van der Waals surface area (Å²) in [5.41, 5.74) is 0.688. The van der Waals surface area contributed by atoms with Gasteiger partial charge in [0.1, 0.15) is 18.5 Å². The standard InChI is InChI=1S/C22H29FN4O7S/c1-14(2)27(22(31)35)33-12-17-11-26(21(30)34-17)16-4-5-19(18(23)10-16)24-6-8-25(9-7-24)20(29)13-32-15(3)28/h4-5,10,14,17H,6-9,11-13H2,1-3H3,(H,31,35)/t17-/m0/s1. The molecule has 3 amide bonds. The van der Waals surface area contributed by atoms with E-state index in [4.69, 9.17) is 14.3 Å². The number of ether oxygens (including phenoxy) is 2. The third-order valence-corrected chi connectivity index (χ3v) is 5.74. The Hall–Kier alpha value is -3.06. The van der Waals surface area contributed by atoms with Crippen molar-refractivity contribution in [2.45, 2.75) is 32.9 Å². The van der Waals surface area contributed by atoms with Crippen molar-refractivity contribution in [3.63, 3.8) is 0 Å². The zero-order valence-electron chi connectivity index (χ0n) is 19.8. The van der Waals surface area contributed by atoms with Gasteiger partial charge < -0.3 is 19.3 Å². The molecule has 2 heterocycles. The van der Waals surface area contributed by atoms with Gasteiger partial charge >= 0.3 is 17.3 Å². The second-order valence-corrected chi connectivity index (χ2v) is 8.78. The number of carbonyl (C=O) groups excluding carboxylic acids is 4. The molecule has 2 fully saturated rings. The van der Waals surface area contributed by atoms with Crippen LogP contribution in [0.2, 0.25) is 0 Å². The van der Waals surface area contributed by atoms with E-state index in [0.29, 0.717) is 37.6 Å². The van der Waals surface area contributed by atoms with Gasteiger partial charge in [0.2, 0.25) is 0 Å². The number of halogens is 1. The van der Waals surface area contributed by atoms with Gasteiger partial charge in [-0.2, -0.15) is 0 Å². The summed E-state index contributed by atoms with van der Waals surface area (Å²) in [5, 5.41) is 0.519. The number of hydrogen-bond donors (Lipinski definition) is 1. The van der Waals surface area contributed by atoms with E-state index < -0.39 is 29.2 Å². The quantitative estimate of drug-likeness (QED) is 0.320. The van der Waals surface area contributed by atoms with E-state index in [1.165, 1.54) is 17.9 Å². The lowest BCUT2D eigenvalue weighted by Crippen LogP contribution is -2.50. The fraction of sp³-hybridized carbons (Fsp3) is 0.545. The first-order valence-electron chi connectivity index (χ1n) is 11.2. The molecule has 35 heavy (non-hydrogen) atoms. The van der Waals surface area contributed by atoms with E-state index >= 15 is 0 Å². The van der Waals surface area contributed by atoms with Crippen LogP contribution in [0.5, 0.6) is 0 Å². The van der Waals surface area contributed by atoms with Gasteiger partial charge in [-0.3, -0.25) is 24.1 Å². The van der Waals surface area contributed by atoms with Gasteiger partial charge in [-0.25, -0.2) is 14.2 Å². The van der Waals surface area contributed by atoms with Crippen LogP contribution < -0.4 is 9.80 Å². The lowest BCUT2D eigenvalue weighted by Gasteiger charge is -2.36. The molecule has 0 radical (unpaired) electrons. The number of hydroxylamine groups is 2. The molecular formula is C22H29FN4O7S. The van der Waals surface area contributed by atoms with Crippen molar-refractivity contribution < 1.29 is 37.9 Å². The average Bonchev–Trinajstić information content (AvgIpc) is 3.17. The van der Waals surface area contributed by atoms with Gasteiger partial charge in [0.15, 0.2) is 6.61 Å². The van der Waals surface area contributed by atoms with Crippen LogP contribution in [0, 0.1) is 5.82 Å². The molecule has 2 aliphatic rings. The second-order valence-electron chi connectivity index (χ2n) is 8.40. The molecule has 3 rings (SSSR count). The van der Waals surface area contributed by atoms with E-state index in [1.807, 2.05) is 4.90 Å². The highest BCUT2D eigenvalue weighted by Gasteiger charge is 2.34. The van der Waals surface area contributed by atoms with Gasteiger partial charge in [-0.1, -0.05) is 12.6 Å². The van der Waals surface area contributed by atoms with Gasteiger partial charge in [0.25, 0.3) is 5.91 Å². The van der Waals surface area contributed by atoms with E-state index in [2.05, 4.69) is 12.6 Å². The summed E-state index contributed by atoms with van der Waals surface area (Å²) < 4.78 is 25.0. The summed E-state index contributed by atoms with van der Waals surface area (Å²) in [6.07, 6.45) is -1.28. The number of hydrogen-bond acceptors (Lipinski definition) is 8. The number of rotatable bonds is 8. The van der Waals surface area contributed by atoms with Crippen molar-refractivity contribution in [2.24, 2.45) is 0 Å². The Balaban J connectivity index is 1.56. The second kappa shape index (κ2) is 11.6. The number of anilines is 2. The topological polar surface area (TPSA) is 109 Å². The summed E-state index contributed by atoms with van der Waals surface area (Å²) in [4.78, 5) is 56.9. The molecule has 1 aromatic carbocycles. The molecule has 192 valence electrons. The number of piperazine rings is 1. The van der Waals surface area contributed by atoms with Crippen LogP contribution in [-0.2, 0) is 23.9 Å². The van der Waals surface area contributed by atoms with E-state index in [0.717, 1.165) is 5.06 Å². The van der Waals surface area contributed by atoms with Crippen molar-refractivity contribution in [1.82, 2.24) is 9.96 Å². The number of carbonyl (C=O) groups is 4. The number of thiol groups is 1. The molecule has 0 aromatic heterocycles. The zero-order chi connectivity index (χ0) is 25.7. The Morgan fingerprint density at radius 3 is 2.49 bits per heavy atom. The number of nitrogens with zero attached hydrogens (tertiary/aromatic N) is 4. The van der Waals surface area contributed by atoms with Crippen LogP contribution in [0.15, 0.2) is 18.2 Å². The summed E-state index contributed by atoms with van der Waals surface area (Å²) in [5.74, 6) is -1.33. The molecule has 2 aliphatic heterocycles. The normalized spacial score (nSPS) is 18.1. The predicted octanol–water partition coefficient (Wildman–Crippen LogP) is 2.05. The highest BCUT2D eigenvalue weighted by Crippen LogP contribution is 2.29. The largest absolute Gasteiger partial charge is 0.456 e. The lowest BCUT2D eigenvalue weighted by atomic mass is 10.2. The fourth-order valence-electron chi connectivity index (χ4n) is 3.78. The molecule has 0 aliphatic carbocycles. The first kappa shape index (κ1) is 26.5. The van der Waals surface area contributed by atoms with Crippen molar-refractivity contribution in [3.05, 3.63) is 24.0 Å². The molecule has 1 atom stereocenters. The maximum atomic E-state index is 15.0. The van der Waals surface area contributed by atoms with Crippen LogP contribution in [-0.4, -0.2) is 91.3 Å². The molecule has 0 bridgehead atoms. The summed E-state index contributed by atoms with van der Waals surface area (Å²) in [6, 6.07) is 4.22. The first-order valence-corrected chi connectivity index (χ1v) is 11.6. The third kappa shape index (κ3) is 6.75. The van der Waals surface area contributed by atoms with Crippen LogP contribution in [0.4, 0.5) is 25.4 Å². The minimum Gasteiger partial charge on any atom is -0.456 e. The first-order chi connectivity index (χ1) is 16.6. The Kier molecular flexibility index (Phi) is 8.78. The molecular weight excluding hydrogens is 483 g/mol. The zero-order valence-corrected chi connectivity index (χ0v) is 20.7. The molecule has 13 heteroatoms. The molecule has 0 N–H and O–H groups in total. The summed E-state index contributed by atoms with van der Waals surface area (Å²) >= 11 is 3.76. The highest BCUT2D eigenvalue weighted by molar-refractivity contribution is 7.96. The van der Waals surface area contributed by atoms with Gasteiger partial charge in [0, 0.05) is 33.1 Å². The molecule has 1 aromatic rings. The predicted molar refractivity (Wildman–Crippen MR) is 127 cm³/mol. The summed E-state index contributed by atoms with van der Waals surface area (Å²) in [6.45, 7) is 6.07. The summed E-state index contributed by atoms with van der Waals surface area (Å²) in [7, 11) is 0. The van der Waals surface area contributed by atoms with Crippen molar-refractivity contribution in [3.8, 4) is 0 Å². The van der Waals surface area contributed by atoms with Crippen LogP contribution in [0.3, 0.4) is 0 Å². The monoisotopic (exact) mass is 512 g/mol. The molecule has 0 spiro atoms. The lowest BCUT2D eigenvalue weighted by molar-refractivity contribution is -0.150. The number of cyclic esters (lactones) is 1. The Morgan fingerprint density at radius 2 is 1.91 bits per heavy atom. The molecule has 11 nitrogen and oxygen atoms in total. The Morgan fingerprint density at radius 1 is 1.23 bits per heavy atom. The molecule has 0 saturated carbocycles. The molecule has 2 saturated heterocycles. The van der Waals surface area contributed by atoms with Crippen molar-refractivity contribution in [2.75, 3.05) is 55.7 Å². The van der Waals surface area contributed by atoms with Crippen molar-refractivity contribution in [1.29, 1.82) is 0 Å². The highest BCUT2D eigenvalue weighted by atomic mass is 32.1. The number of benzene rings is 1. The average molecular weight is 513 g/mol. The van der Waals surface area contributed by atoms with Crippen molar-refractivity contribution >= 4 is 47.2 Å². The maximum Gasteiger partial charge on any atom is 0.414 e. The van der Waals surface area contributed by atoms with Crippen LogP contribution in [0.25, 0.3) is 0 Å². The smallest absolute Gasteiger partial charge is 0.414 e. The van der Waals surface area contributed by atoms with Gasteiger partial charge in [0.05, 0.1) is 24.0 Å². The fourth-order valence-corrected chi connectivity index (χ4v) is 4.07. The minimum absolute atomic E-state index is 0.0479. The van der Waals surface area contributed by atoms with E-state index in [9.17, 15) is 23.6 Å². The minimum atomic E-state index is -0.642. The van der Waals surface area contributed by atoms with Crippen LogP contribution >= 0.6 is 12.6 Å². The van der Waals surface area contributed by atoms with E-state index in [1.54, 1.807) is 30.9 Å². The number of amides is 3. The van der Waals surface area contributed by atoms with Gasteiger partial charge in [-0.05, 0) is 32.0 Å². The maximum absolute atomic E-state index is 15.0. The SMILES string of the molecule is CC(=O)OCC(=O)N1CCN(c2ccc(N3C[C@@H](CON(C(=O)S)C(C)C)OC3=O)cc2F)CC1. The van der Waals surface area contributed by atoms with Gasteiger partial charge in [-0.15, -0.1) is 0 Å². The Bertz CT molecular complexity index is 971. The molecule has 0 unspecified atom stereocenters. The van der Waals surface area contributed by atoms with E-state index in [-0.39, 0.29) is 31.7 Å².